The summed E-state index contributed by atoms with van der Waals surface area (Å²) in [5.74, 6) is 0. The maximum Gasteiger partial charge on any atom is 0.416 e. The molecular weight excluding hydrogens is 205 g/mol. The zero-order valence-electron chi connectivity index (χ0n) is 6.31. The van der Waals surface area contributed by atoms with Crippen LogP contribution in [0.2, 0.25) is 0 Å². The van der Waals surface area contributed by atoms with Crippen LogP contribution < -0.4 is 12.4 Å². The fourth-order valence-corrected chi connectivity index (χ4v) is 0.788. The Morgan fingerprint density at radius 3 is 2.31 bits per heavy atom. The van der Waals surface area contributed by atoms with E-state index in [4.69, 9.17) is 0 Å². The lowest BCUT2D eigenvalue weighted by molar-refractivity contribution is -0.137. The van der Waals surface area contributed by atoms with Gasteiger partial charge in [0, 0.05) is 5.56 Å². The number of hydrogen-bond donors (Lipinski definition) is 0. The maximum atomic E-state index is 12.0. The Kier molecular flexibility index (Phi) is 3.94. The molecule has 0 saturated heterocycles. The Morgan fingerprint density at radius 2 is 1.85 bits per heavy atom. The Balaban J connectivity index is 0.00000144. The quantitative estimate of drug-likeness (QED) is 0.571. The maximum absolute atomic E-state index is 12.0. The normalized spacial score (nSPS) is 10.4. The molecule has 72 valence electrons. The summed E-state index contributed by atoms with van der Waals surface area (Å²) in [4.78, 5) is 10.1. The number of aldehydes is 1. The van der Waals surface area contributed by atoms with Gasteiger partial charge in [-0.25, -0.2) is 0 Å². The molecule has 1 aromatic carbocycles. The standard InChI is InChI=1S/C8H5F3O.ClH/c9-8(10,11)7-3-1-2-6(4-7)5-12;/h1-5H;1H/p-1. The summed E-state index contributed by atoms with van der Waals surface area (Å²) in [5, 5.41) is 0. The minimum Gasteiger partial charge on any atom is -1.00 e. The summed E-state index contributed by atoms with van der Waals surface area (Å²) in [6.07, 6.45) is -3.99. The first-order valence-electron chi connectivity index (χ1n) is 3.16. The van der Waals surface area contributed by atoms with Gasteiger partial charge in [0.2, 0.25) is 0 Å². The van der Waals surface area contributed by atoms with Crippen molar-refractivity contribution in [2.24, 2.45) is 0 Å². The molecule has 0 aliphatic rings. The van der Waals surface area contributed by atoms with Crippen molar-refractivity contribution in [2.45, 2.75) is 6.18 Å². The van der Waals surface area contributed by atoms with Gasteiger partial charge in [-0.1, -0.05) is 12.1 Å². The van der Waals surface area contributed by atoms with Gasteiger partial charge in [-0.15, -0.1) is 0 Å². The molecule has 0 aliphatic heterocycles. The highest BCUT2D eigenvalue weighted by molar-refractivity contribution is 5.74. The van der Waals surface area contributed by atoms with Gasteiger partial charge in [0.15, 0.2) is 0 Å². The number of halogens is 4. The molecule has 13 heavy (non-hydrogen) atoms. The van der Waals surface area contributed by atoms with E-state index in [2.05, 4.69) is 0 Å². The molecule has 5 heteroatoms. The van der Waals surface area contributed by atoms with Crippen LogP contribution in [0, 0.1) is 0 Å². The highest BCUT2D eigenvalue weighted by Crippen LogP contribution is 2.29. The van der Waals surface area contributed by atoms with Crippen molar-refractivity contribution < 1.29 is 30.4 Å². The average Bonchev–Trinajstić information content (AvgIpc) is 2.03. The van der Waals surface area contributed by atoms with Gasteiger partial charge in [0.1, 0.15) is 6.29 Å². The van der Waals surface area contributed by atoms with Crippen LogP contribution in [0.4, 0.5) is 13.2 Å². The van der Waals surface area contributed by atoms with Crippen molar-refractivity contribution in [2.75, 3.05) is 0 Å². The molecule has 0 spiro atoms. The Labute approximate surface area is 79.0 Å². The van der Waals surface area contributed by atoms with E-state index in [9.17, 15) is 18.0 Å². The topological polar surface area (TPSA) is 17.1 Å². The van der Waals surface area contributed by atoms with Crippen molar-refractivity contribution in [3.63, 3.8) is 0 Å². The predicted molar refractivity (Wildman–Crippen MR) is 36.8 cm³/mol. The number of benzene rings is 1. The molecule has 0 aromatic heterocycles. The summed E-state index contributed by atoms with van der Waals surface area (Å²) >= 11 is 0. The van der Waals surface area contributed by atoms with Gasteiger partial charge < -0.3 is 12.4 Å². The van der Waals surface area contributed by atoms with Gasteiger partial charge in [0.25, 0.3) is 0 Å². The van der Waals surface area contributed by atoms with E-state index in [-0.39, 0.29) is 18.0 Å². The van der Waals surface area contributed by atoms with E-state index < -0.39 is 11.7 Å². The second kappa shape index (κ2) is 4.28. The zero-order chi connectivity index (χ0) is 9.19. The van der Waals surface area contributed by atoms with Crippen molar-refractivity contribution in [3.8, 4) is 0 Å². The van der Waals surface area contributed by atoms with Crippen LogP contribution in [0.1, 0.15) is 15.9 Å². The summed E-state index contributed by atoms with van der Waals surface area (Å²) in [7, 11) is 0. The molecule has 0 atom stereocenters. The Hall–Kier alpha value is -1.03. The number of carbonyl (C=O) groups excluding carboxylic acids is 1. The Bertz CT molecular complexity index is 296. The molecule has 0 bridgehead atoms. The fraction of sp³-hybridized carbons (Fsp3) is 0.125. The first kappa shape index (κ1) is 12.0. The molecule has 0 saturated carbocycles. The third kappa shape index (κ3) is 3.06. The molecule has 0 unspecified atom stereocenters. The van der Waals surface area contributed by atoms with Crippen LogP contribution in [0.3, 0.4) is 0 Å². The first-order valence-corrected chi connectivity index (χ1v) is 3.16. The molecule has 1 nitrogen and oxygen atoms in total. The first-order chi connectivity index (χ1) is 5.54. The van der Waals surface area contributed by atoms with Crippen LogP contribution in [0.5, 0.6) is 0 Å². The number of carbonyl (C=O) groups is 1. The molecule has 0 fully saturated rings. The van der Waals surface area contributed by atoms with Crippen LogP contribution in [-0.4, -0.2) is 6.29 Å². The summed E-state index contributed by atoms with van der Waals surface area (Å²) < 4.78 is 36.0. The van der Waals surface area contributed by atoms with Crippen molar-refractivity contribution in [3.05, 3.63) is 35.4 Å². The van der Waals surface area contributed by atoms with Crippen molar-refractivity contribution >= 4 is 6.29 Å². The van der Waals surface area contributed by atoms with Crippen LogP contribution in [-0.2, 0) is 6.18 Å². The lowest BCUT2D eigenvalue weighted by Gasteiger charge is -2.05. The van der Waals surface area contributed by atoms with E-state index in [1.54, 1.807) is 0 Å². The molecule has 1 rings (SSSR count). The molecular formula is C8H5ClF3O-. The largest absolute Gasteiger partial charge is 1.00 e. The summed E-state index contributed by atoms with van der Waals surface area (Å²) in [5.41, 5.74) is -0.767. The fourth-order valence-electron chi connectivity index (χ4n) is 0.788. The highest BCUT2D eigenvalue weighted by Gasteiger charge is 2.30. The van der Waals surface area contributed by atoms with E-state index in [1.807, 2.05) is 0 Å². The average molecular weight is 210 g/mol. The summed E-state index contributed by atoms with van der Waals surface area (Å²) in [6, 6.07) is 4.26. The molecule has 0 amide bonds. The van der Waals surface area contributed by atoms with E-state index in [0.717, 1.165) is 12.1 Å². The van der Waals surface area contributed by atoms with E-state index in [0.29, 0.717) is 6.29 Å². The minimum atomic E-state index is -4.38. The lowest BCUT2D eigenvalue weighted by Crippen LogP contribution is -3.00. The SMILES string of the molecule is O=Cc1cccc(C(F)(F)F)c1.[Cl-]. The molecule has 0 N–H and O–H groups in total. The Morgan fingerprint density at radius 1 is 1.23 bits per heavy atom. The third-order valence-corrected chi connectivity index (χ3v) is 1.35. The van der Waals surface area contributed by atoms with Gasteiger partial charge in [-0.05, 0) is 12.1 Å². The number of alkyl halides is 3. The second-order valence-corrected chi connectivity index (χ2v) is 2.24. The van der Waals surface area contributed by atoms with Crippen LogP contribution in [0.15, 0.2) is 24.3 Å². The van der Waals surface area contributed by atoms with Gasteiger partial charge >= 0.3 is 6.18 Å². The van der Waals surface area contributed by atoms with Gasteiger partial charge in [-0.2, -0.15) is 13.2 Å². The minimum absolute atomic E-state index is 0. The van der Waals surface area contributed by atoms with Crippen molar-refractivity contribution in [1.29, 1.82) is 0 Å². The predicted octanol–water partition coefficient (Wildman–Crippen LogP) is -0.478. The second-order valence-electron chi connectivity index (χ2n) is 2.24. The highest BCUT2D eigenvalue weighted by atomic mass is 35.5. The smallest absolute Gasteiger partial charge is 0.416 e. The molecule has 1 aromatic rings. The van der Waals surface area contributed by atoms with Crippen LogP contribution in [0.25, 0.3) is 0 Å². The van der Waals surface area contributed by atoms with Crippen LogP contribution >= 0.6 is 0 Å². The molecule has 0 radical (unpaired) electrons. The van der Waals surface area contributed by atoms with E-state index >= 15 is 0 Å². The van der Waals surface area contributed by atoms with Gasteiger partial charge in [-0.3, -0.25) is 4.79 Å². The summed E-state index contributed by atoms with van der Waals surface area (Å²) in [6.45, 7) is 0. The monoisotopic (exact) mass is 209 g/mol. The molecule has 0 aliphatic carbocycles. The lowest BCUT2D eigenvalue weighted by atomic mass is 10.1. The van der Waals surface area contributed by atoms with Gasteiger partial charge in [0.05, 0.1) is 5.56 Å². The third-order valence-electron chi connectivity index (χ3n) is 1.35. The number of hydrogen-bond acceptors (Lipinski definition) is 1. The number of rotatable bonds is 1. The zero-order valence-corrected chi connectivity index (χ0v) is 7.06. The molecule has 0 heterocycles. The van der Waals surface area contributed by atoms with Crippen molar-refractivity contribution in [1.82, 2.24) is 0 Å². The van der Waals surface area contributed by atoms with E-state index in [1.165, 1.54) is 12.1 Å².